The average Bonchev–Trinajstić information content (AvgIpc) is 2.89. The molecule has 1 aromatic rings. The molecule has 0 radical (unpaired) electrons. The van der Waals surface area contributed by atoms with Gasteiger partial charge in [-0.1, -0.05) is 12.1 Å². The third-order valence-electron chi connectivity index (χ3n) is 3.04. The molecule has 0 spiro atoms. The van der Waals surface area contributed by atoms with Crippen molar-refractivity contribution in [2.75, 3.05) is 13.1 Å². The van der Waals surface area contributed by atoms with Crippen LogP contribution in [-0.2, 0) is 10.0 Å². The van der Waals surface area contributed by atoms with Crippen LogP contribution >= 0.6 is 12.4 Å². The first-order chi connectivity index (χ1) is 9.49. The third-order valence-corrected chi connectivity index (χ3v) is 4.50. The molecule has 0 aromatic heterocycles. The lowest BCUT2D eigenvalue weighted by Gasteiger charge is -2.14. The molecule has 1 aromatic carbocycles. The first kappa shape index (κ1) is 18.1. The van der Waals surface area contributed by atoms with Crippen LogP contribution in [0.4, 0.5) is 8.78 Å². The summed E-state index contributed by atoms with van der Waals surface area (Å²) in [6.07, 6.45) is 1.88. The van der Waals surface area contributed by atoms with Crippen LogP contribution in [0.2, 0.25) is 0 Å². The van der Waals surface area contributed by atoms with E-state index in [1.807, 2.05) is 0 Å². The number of hydrogen-bond acceptors (Lipinski definition) is 4. The molecule has 0 bridgehead atoms. The van der Waals surface area contributed by atoms with E-state index >= 15 is 0 Å². The SMILES string of the molecule is Cl.O=S(=O)(NCC1CCCN1)c1ccccc1OC(F)F. The Morgan fingerprint density at radius 2 is 2.10 bits per heavy atom. The van der Waals surface area contributed by atoms with Crippen molar-refractivity contribution in [1.29, 1.82) is 0 Å². The number of benzene rings is 1. The number of sulfonamides is 1. The Kier molecular flexibility index (Phi) is 6.79. The van der Waals surface area contributed by atoms with Crippen molar-refractivity contribution in [2.24, 2.45) is 0 Å². The molecule has 9 heteroatoms. The molecule has 1 atom stereocenters. The Hall–Kier alpha value is -0.960. The predicted octanol–water partition coefficient (Wildman–Crippen LogP) is 1.74. The minimum absolute atomic E-state index is 0. The molecule has 1 fully saturated rings. The molecule has 2 rings (SSSR count). The summed E-state index contributed by atoms with van der Waals surface area (Å²) >= 11 is 0. The second kappa shape index (κ2) is 7.88. The molecule has 1 saturated heterocycles. The van der Waals surface area contributed by atoms with Gasteiger partial charge in [-0.25, -0.2) is 13.1 Å². The van der Waals surface area contributed by atoms with Gasteiger partial charge in [0.15, 0.2) is 0 Å². The van der Waals surface area contributed by atoms with E-state index in [-0.39, 0.29) is 35.6 Å². The highest BCUT2D eigenvalue weighted by Crippen LogP contribution is 2.24. The van der Waals surface area contributed by atoms with Crippen molar-refractivity contribution in [3.8, 4) is 5.75 Å². The normalized spacial score (nSPS) is 18.5. The van der Waals surface area contributed by atoms with Crippen LogP contribution in [0.15, 0.2) is 29.2 Å². The lowest BCUT2D eigenvalue weighted by atomic mass is 10.2. The fourth-order valence-corrected chi connectivity index (χ4v) is 3.30. The van der Waals surface area contributed by atoms with Gasteiger partial charge in [-0.3, -0.25) is 0 Å². The zero-order valence-corrected chi connectivity index (χ0v) is 12.7. The highest BCUT2D eigenvalue weighted by atomic mass is 35.5. The Morgan fingerprint density at radius 3 is 2.71 bits per heavy atom. The van der Waals surface area contributed by atoms with Crippen molar-refractivity contribution in [2.45, 2.75) is 30.4 Å². The van der Waals surface area contributed by atoms with Crippen molar-refractivity contribution < 1.29 is 21.9 Å². The summed E-state index contributed by atoms with van der Waals surface area (Å²) in [4.78, 5) is -0.279. The maximum Gasteiger partial charge on any atom is 0.387 e. The highest BCUT2D eigenvalue weighted by Gasteiger charge is 2.23. The molecule has 2 N–H and O–H groups in total. The highest BCUT2D eigenvalue weighted by molar-refractivity contribution is 7.89. The summed E-state index contributed by atoms with van der Waals surface area (Å²) in [5.74, 6) is -0.352. The van der Waals surface area contributed by atoms with Crippen LogP contribution in [0.25, 0.3) is 0 Å². The van der Waals surface area contributed by atoms with E-state index in [9.17, 15) is 17.2 Å². The van der Waals surface area contributed by atoms with Crippen LogP contribution in [0.3, 0.4) is 0 Å². The van der Waals surface area contributed by atoms with Gasteiger partial charge in [0.1, 0.15) is 10.6 Å². The second-order valence-corrected chi connectivity index (χ2v) is 6.21. The number of hydrogen-bond donors (Lipinski definition) is 2. The zero-order chi connectivity index (χ0) is 14.6. The quantitative estimate of drug-likeness (QED) is 0.826. The fourth-order valence-electron chi connectivity index (χ4n) is 2.08. The van der Waals surface area contributed by atoms with Crippen LogP contribution in [-0.4, -0.2) is 34.2 Å². The van der Waals surface area contributed by atoms with Crippen LogP contribution < -0.4 is 14.8 Å². The molecule has 1 aliphatic heterocycles. The molecule has 1 heterocycles. The maximum atomic E-state index is 12.3. The summed E-state index contributed by atoms with van der Waals surface area (Å²) in [5, 5.41) is 3.15. The summed E-state index contributed by atoms with van der Waals surface area (Å²) in [6.45, 7) is -1.98. The number of halogens is 3. The van der Waals surface area contributed by atoms with E-state index < -0.39 is 16.6 Å². The zero-order valence-electron chi connectivity index (χ0n) is 11.1. The molecule has 21 heavy (non-hydrogen) atoms. The van der Waals surface area contributed by atoms with E-state index in [0.717, 1.165) is 19.4 Å². The molecule has 1 aliphatic rings. The Labute approximate surface area is 128 Å². The molecule has 0 saturated carbocycles. The van der Waals surface area contributed by atoms with Gasteiger partial charge in [-0.2, -0.15) is 8.78 Å². The van der Waals surface area contributed by atoms with Gasteiger partial charge in [-0.15, -0.1) is 12.4 Å². The average molecular weight is 343 g/mol. The molecule has 1 unspecified atom stereocenters. The minimum atomic E-state index is -3.87. The van der Waals surface area contributed by atoms with Crippen molar-refractivity contribution in [3.63, 3.8) is 0 Å². The van der Waals surface area contributed by atoms with Crippen LogP contribution in [0.1, 0.15) is 12.8 Å². The maximum absolute atomic E-state index is 12.3. The smallest absolute Gasteiger partial charge is 0.387 e. The van der Waals surface area contributed by atoms with Gasteiger partial charge in [0.2, 0.25) is 10.0 Å². The van der Waals surface area contributed by atoms with E-state index in [4.69, 9.17) is 0 Å². The van der Waals surface area contributed by atoms with Crippen LogP contribution in [0, 0.1) is 0 Å². The van der Waals surface area contributed by atoms with Gasteiger partial charge in [0.05, 0.1) is 0 Å². The lowest BCUT2D eigenvalue weighted by Crippen LogP contribution is -2.37. The summed E-state index contributed by atoms with van der Waals surface area (Å²) < 4.78 is 55.5. The first-order valence-corrected chi connectivity index (χ1v) is 7.74. The monoisotopic (exact) mass is 342 g/mol. The topological polar surface area (TPSA) is 67.4 Å². The van der Waals surface area contributed by atoms with E-state index in [2.05, 4.69) is 14.8 Å². The van der Waals surface area contributed by atoms with Crippen LogP contribution in [0.5, 0.6) is 5.75 Å². The molecule has 0 amide bonds. The van der Waals surface area contributed by atoms with Gasteiger partial charge >= 0.3 is 6.61 Å². The Morgan fingerprint density at radius 1 is 1.38 bits per heavy atom. The van der Waals surface area contributed by atoms with E-state index in [1.165, 1.54) is 24.3 Å². The molecular weight excluding hydrogens is 326 g/mol. The standard InChI is InChI=1S/C12H16F2N2O3S.ClH/c13-12(14)19-10-5-1-2-6-11(10)20(17,18)16-8-9-4-3-7-15-9;/h1-2,5-6,9,12,15-16H,3-4,7-8H2;1H. The van der Waals surface area contributed by atoms with Gasteiger partial charge < -0.3 is 10.1 Å². The van der Waals surface area contributed by atoms with E-state index in [1.54, 1.807) is 0 Å². The molecular formula is C12H17ClF2N2O3S. The molecule has 5 nitrogen and oxygen atoms in total. The summed E-state index contributed by atoms with van der Waals surface area (Å²) in [5.41, 5.74) is 0. The predicted molar refractivity (Wildman–Crippen MR) is 76.5 cm³/mol. The summed E-state index contributed by atoms with van der Waals surface area (Å²) in [7, 11) is -3.87. The Bertz CT molecular complexity index is 551. The van der Waals surface area contributed by atoms with Gasteiger partial charge in [0.25, 0.3) is 0 Å². The van der Waals surface area contributed by atoms with Crippen molar-refractivity contribution in [1.82, 2.24) is 10.0 Å². The fraction of sp³-hybridized carbons (Fsp3) is 0.500. The van der Waals surface area contributed by atoms with E-state index in [0.29, 0.717) is 0 Å². The summed E-state index contributed by atoms with van der Waals surface area (Å²) in [6, 6.07) is 5.42. The largest absolute Gasteiger partial charge is 0.433 e. The van der Waals surface area contributed by atoms with Gasteiger partial charge in [-0.05, 0) is 31.5 Å². The first-order valence-electron chi connectivity index (χ1n) is 6.26. The lowest BCUT2D eigenvalue weighted by molar-refractivity contribution is -0.0517. The Balaban J connectivity index is 0.00000220. The number of ether oxygens (including phenoxy) is 1. The number of para-hydroxylation sites is 1. The second-order valence-electron chi connectivity index (χ2n) is 4.47. The number of nitrogens with one attached hydrogen (secondary N) is 2. The van der Waals surface area contributed by atoms with Gasteiger partial charge in [0, 0.05) is 12.6 Å². The third kappa shape index (κ3) is 5.06. The number of alkyl halides is 2. The van der Waals surface area contributed by atoms with Crippen molar-refractivity contribution in [3.05, 3.63) is 24.3 Å². The molecule has 0 aliphatic carbocycles. The number of rotatable bonds is 6. The van der Waals surface area contributed by atoms with Crippen molar-refractivity contribution >= 4 is 22.4 Å². The molecule has 120 valence electrons. The minimum Gasteiger partial charge on any atom is -0.433 e.